The van der Waals surface area contributed by atoms with E-state index in [1.54, 1.807) is 6.07 Å². The van der Waals surface area contributed by atoms with E-state index < -0.39 is 0 Å². The van der Waals surface area contributed by atoms with Crippen LogP contribution < -0.4 is 11.5 Å². The van der Waals surface area contributed by atoms with Gasteiger partial charge in [0.1, 0.15) is 11.5 Å². The summed E-state index contributed by atoms with van der Waals surface area (Å²) in [5, 5.41) is 1.16. The van der Waals surface area contributed by atoms with Gasteiger partial charge in [-0.15, -0.1) is 0 Å². The van der Waals surface area contributed by atoms with E-state index >= 15 is 0 Å². The summed E-state index contributed by atoms with van der Waals surface area (Å²) in [6.45, 7) is 15.0. The molecule has 1 aromatic carbocycles. The average Bonchev–Trinajstić information content (AvgIpc) is 3.40. The maximum Gasteiger partial charge on any atom is 0.152 e. The Kier molecular flexibility index (Phi) is 8.21. The summed E-state index contributed by atoms with van der Waals surface area (Å²) in [4.78, 5) is 14.0. The minimum Gasteiger partial charge on any atom is -0.384 e. The van der Waals surface area contributed by atoms with Crippen molar-refractivity contribution in [1.29, 1.82) is 0 Å². The number of anilines is 2. The number of pyridine rings is 1. The number of aromatic amines is 1. The molecule has 3 aromatic rings. The summed E-state index contributed by atoms with van der Waals surface area (Å²) in [5.74, 6) is 0.659. The molecular formula is C23H34N6. The van der Waals surface area contributed by atoms with Crippen LogP contribution in [0.1, 0.15) is 46.1 Å². The fraction of sp³-hybridized carbons (Fsp3) is 0.391. The molecule has 1 aliphatic heterocycles. The molecule has 4 rings (SSSR count). The summed E-state index contributed by atoms with van der Waals surface area (Å²) < 4.78 is 0. The first-order valence-corrected chi connectivity index (χ1v) is 10.5. The number of nitrogen functional groups attached to an aromatic ring is 2. The van der Waals surface area contributed by atoms with Crippen molar-refractivity contribution < 1.29 is 0 Å². The first kappa shape index (κ1) is 22.4. The molecule has 6 nitrogen and oxygen atoms in total. The topological polar surface area (TPSA) is 96.3 Å². The van der Waals surface area contributed by atoms with E-state index in [9.17, 15) is 0 Å². The van der Waals surface area contributed by atoms with Crippen molar-refractivity contribution in [2.45, 2.75) is 47.1 Å². The predicted molar refractivity (Wildman–Crippen MR) is 127 cm³/mol. The zero-order chi connectivity index (χ0) is 21.4. The second-order valence-electron chi connectivity index (χ2n) is 6.57. The minimum absolute atomic E-state index is 0.290. The van der Waals surface area contributed by atoms with Crippen molar-refractivity contribution in [3.05, 3.63) is 35.9 Å². The van der Waals surface area contributed by atoms with Crippen molar-refractivity contribution >= 4 is 34.9 Å². The van der Waals surface area contributed by atoms with Crippen molar-refractivity contribution in [3.8, 4) is 11.3 Å². The van der Waals surface area contributed by atoms with Crippen LogP contribution in [0.25, 0.3) is 22.2 Å². The number of hydrogen-bond acceptors (Lipinski definition) is 5. The maximum absolute atomic E-state index is 5.94. The van der Waals surface area contributed by atoms with Crippen LogP contribution in [0.4, 0.5) is 17.3 Å². The molecule has 0 bridgehead atoms. The molecule has 6 heteroatoms. The second-order valence-corrected chi connectivity index (χ2v) is 6.57. The lowest BCUT2D eigenvalue weighted by Gasteiger charge is -2.14. The highest BCUT2D eigenvalue weighted by Gasteiger charge is 2.14. The number of nitrogens with zero attached hydrogens (tertiary/aromatic N) is 3. The fourth-order valence-corrected chi connectivity index (χ4v) is 3.57. The van der Waals surface area contributed by atoms with Gasteiger partial charge in [0.15, 0.2) is 5.82 Å². The molecule has 1 fully saturated rings. The number of nitrogens with one attached hydrogen (secondary N) is 1. The van der Waals surface area contributed by atoms with Crippen molar-refractivity contribution in [3.63, 3.8) is 0 Å². The number of rotatable bonds is 4. The molecule has 1 aliphatic rings. The summed E-state index contributed by atoms with van der Waals surface area (Å²) in [6, 6.07) is 10.4. The van der Waals surface area contributed by atoms with E-state index in [1.165, 1.54) is 31.5 Å². The Morgan fingerprint density at radius 2 is 1.76 bits per heavy atom. The molecule has 0 radical (unpaired) electrons. The molecule has 29 heavy (non-hydrogen) atoms. The Balaban J connectivity index is 0.000000707. The van der Waals surface area contributed by atoms with Gasteiger partial charge < -0.3 is 16.5 Å². The third kappa shape index (κ3) is 5.15. The molecule has 0 amide bonds. The largest absolute Gasteiger partial charge is 0.384 e. The maximum atomic E-state index is 5.94. The van der Waals surface area contributed by atoms with Gasteiger partial charge in [-0.05, 0) is 62.5 Å². The third-order valence-corrected chi connectivity index (χ3v) is 4.78. The van der Waals surface area contributed by atoms with Gasteiger partial charge in [0.25, 0.3) is 0 Å². The van der Waals surface area contributed by atoms with Crippen LogP contribution >= 0.6 is 0 Å². The van der Waals surface area contributed by atoms with Crippen LogP contribution in [0.3, 0.4) is 0 Å². The lowest BCUT2D eigenvalue weighted by atomic mass is 10.1. The van der Waals surface area contributed by atoms with Gasteiger partial charge in [-0.25, -0.2) is 4.98 Å². The number of hydrogen-bond donors (Lipinski definition) is 3. The number of benzene rings is 1. The van der Waals surface area contributed by atoms with Gasteiger partial charge in [-0.3, -0.25) is 9.89 Å². The summed E-state index contributed by atoms with van der Waals surface area (Å²) in [5.41, 5.74) is 16.5. The van der Waals surface area contributed by atoms with E-state index in [4.69, 9.17) is 11.5 Å². The number of nitrogens with two attached hydrogens (primary N) is 2. The van der Waals surface area contributed by atoms with Gasteiger partial charge in [0.05, 0.1) is 0 Å². The Bertz CT molecular complexity index is 938. The standard InChI is InChI=1S/C19H22N6.2C2H6/c1-22-18-14(10-17(20)24-19(18)21)16-9-13-8-12(4-5-15(13)23-16)11-25-6-2-3-7-25;2*1-2/h4-5,8-10,23H,1-3,6-7,11H2,(H4,20,21,24);2*1-2H3. The van der Waals surface area contributed by atoms with Crippen LogP contribution in [-0.2, 0) is 6.54 Å². The lowest BCUT2D eigenvalue weighted by Crippen LogP contribution is -2.18. The van der Waals surface area contributed by atoms with Gasteiger partial charge in [-0.1, -0.05) is 33.8 Å². The SMILES string of the molecule is C=Nc1c(-c2cc3cc(CN4CCCC4)ccc3[nH]2)cc(N)nc1N.CC.CC. The van der Waals surface area contributed by atoms with Gasteiger partial charge in [-0.2, -0.15) is 0 Å². The van der Waals surface area contributed by atoms with Crippen LogP contribution in [0, 0.1) is 0 Å². The molecule has 3 heterocycles. The smallest absolute Gasteiger partial charge is 0.152 e. The third-order valence-electron chi connectivity index (χ3n) is 4.78. The summed E-state index contributed by atoms with van der Waals surface area (Å²) in [7, 11) is 0. The second kappa shape index (κ2) is 10.6. The highest BCUT2D eigenvalue weighted by atomic mass is 15.1. The number of aliphatic imine (C=N–C) groups is 1. The van der Waals surface area contributed by atoms with Gasteiger partial charge >= 0.3 is 0 Å². The van der Waals surface area contributed by atoms with E-state index in [0.717, 1.165) is 28.7 Å². The Morgan fingerprint density at radius 1 is 1.07 bits per heavy atom. The van der Waals surface area contributed by atoms with Crippen LogP contribution in [0.15, 0.2) is 35.3 Å². The van der Waals surface area contributed by atoms with E-state index in [1.807, 2.05) is 27.7 Å². The summed E-state index contributed by atoms with van der Waals surface area (Å²) in [6.07, 6.45) is 2.61. The monoisotopic (exact) mass is 394 g/mol. The van der Waals surface area contributed by atoms with Crippen LogP contribution in [-0.4, -0.2) is 34.7 Å². The molecule has 5 N–H and O–H groups in total. The zero-order valence-electron chi connectivity index (χ0n) is 18.1. The van der Waals surface area contributed by atoms with E-state index in [-0.39, 0.29) is 0 Å². The highest BCUT2D eigenvalue weighted by molar-refractivity contribution is 5.91. The molecule has 156 valence electrons. The van der Waals surface area contributed by atoms with Crippen molar-refractivity contribution in [1.82, 2.24) is 14.9 Å². The Labute approximate surface area is 174 Å². The zero-order valence-corrected chi connectivity index (χ0v) is 18.1. The number of fused-ring (bicyclic) bond motifs is 1. The normalized spacial score (nSPS) is 13.4. The fourth-order valence-electron chi connectivity index (χ4n) is 3.57. The molecular weight excluding hydrogens is 360 g/mol. The Morgan fingerprint density at radius 3 is 2.41 bits per heavy atom. The van der Waals surface area contributed by atoms with Gasteiger partial charge in [0.2, 0.25) is 0 Å². The van der Waals surface area contributed by atoms with E-state index in [0.29, 0.717) is 17.3 Å². The first-order valence-electron chi connectivity index (χ1n) is 10.5. The minimum atomic E-state index is 0.290. The predicted octanol–water partition coefficient (Wildman–Crippen LogP) is 5.37. The molecule has 0 saturated carbocycles. The van der Waals surface area contributed by atoms with Crippen LogP contribution in [0.2, 0.25) is 0 Å². The molecule has 0 spiro atoms. The Hall–Kier alpha value is -2.86. The highest BCUT2D eigenvalue weighted by Crippen LogP contribution is 2.36. The molecule has 2 aromatic heterocycles. The first-order chi connectivity index (χ1) is 14.1. The number of likely N-dealkylation sites (tertiary alicyclic amines) is 1. The van der Waals surface area contributed by atoms with Crippen molar-refractivity contribution in [2.75, 3.05) is 24.6 Å². The van der Waals surface area contributed by atoms with Gasteiger partial charge in [0, 0.05) is 28.7 Å². The quantitative estimate of drug-likeness (QED) is 0.518. The number of H-pyrrole nitrogens is 1. The molecule has 0 aliphatic carbocycles. The average molecular weight is 395 g/mol. The van der Waals surface area contributed by atoms with E-state index in [2.05, 4.69) is 50.8 Å². The molecule has 1 saturated heterocycles. The summed E-state index contributed by atoms with van der Waals surface area (Å²) >= 11 is 0. The molecule has 0 unspecified atom stereocenters. The van der Waals surface area contributed by atoms with Crippen molar-refractivity contribution in [2.24, 2.45) is 4.99 Å². The van der Waals surface area contributed by atoms with Crippen LogP contribution in [0.5, 0.6) is 0 Å². The molecule has 0 atom stereocenters. The lowest BCUT2D eigenvalue weighted by molar-refractivity contribution is 0.331. The number of aromatic nitrogens is 2.